The van der Waals surface area contributed by atoms with E-state index in [2.05, 4.69) is 64.8 Å². The summed E-state index contributed by atoms with van der Waals surface area (Å²) in [4.78, 5) is 9.44. The van der Waals surface area contributed by atoms with E-state index in [1.54, 1.807) is 0 Å². The van der Waals surface area contributed by atoms with Crippen LogP contribution in [0.2, 0.25) is 0 Å². The van der Waals surface area contributed by atoms with Crippen LogP contribution in [0.3, 0.4) is 0 Å². The zero-order valence-corrected chi connectivity index (χ0v) is 12.4. The number of hydrogen-bond acceptors (Lipinski definition) is 2. The van der Waals surface area contributed by atoms with Crippen LogP contribution in [0, 0.1) is 10.8 Å². The second-order valence-corrected chi connectivity index (χ2v) is 7.23. The minimum Gasteiger partial charge on any atom is -0.283 e. The quantitative estimate of drug-likeness (QED) is 0.669. The molecule has 0 fully saturated rings. The van der Waals surface area contributed by atoms with Gasteiger partial charge in [-0.1, -0.05) is 47.6 Å². The van der Waals surface area contributed by atoms with E-state index in [9.17, 15) is 0 Å². The lowest BCUT2D eigenvalue weighted by atomic mass is 9.86. The van der Waals surface area contributed by atoms with Gasteiger partial charge in [-0.05, 0) is 23.1 Å². The lowest BCUT2D eigenvalue weighted by Crippen LogP contribution is -2.18. The van der Waals surface area contributed by atoms with Gasteiger partial charge in [-0.15, -0.1) is 0 Å². The third-order valence-electron chi connectivity index (χ3n) is 3.50. The van der Waals surface area contributed by atoms with Crippen molar-refractivity contribution >= 4 is 11.4 Å². The zero-order valence-electron chi connectivity index (χ0n) is 12.4. The third-order valence-corrected chi connectivity index (χ3v) is 3.50. The number of hydrogen-bond donors (Lipinski definition) is 0. The molecule has 2 nitrogen and oxygen atoms in total. The third kappa shape index (κ3) is 2.63. The topological polar surface area (TPSA) is 24.7 Å². The first kappa shape index (κ1) is 13.3. The molecular formula is C16H24N2. The summed E-state index contributed by atoms with van der Waals surface area (Å²) >= 11 is 0. The molecule has 0 aromatic carbocycles. The van der Waals surface area contributed by atoms with Gasteiger partial charge in [0.15, 0.2) is 0 Å². The standard InChI is InChI=1S/C16H24N2/c1-15(2,3)11-9-13(17-10-11)12-7-8-14(18-12)16(4,5)6/h7-9,12H,10H2,1-6H3. The number of nitrogens with zero attached hydrogens (tertiary/aromatic N) is 2. The predicted octanol–water partition coefficient (Wildman–Crippen LogP) is 3.84. The Morgan fingerprint density at radius 3 is 2.17 bits per heavy atom. The Morgan fingerprint density at radius 1 is 1.06 bits per heavy atom. The molecule has 0 saturated heterocycles. The first-order valence-electron chi connectivity index (χ1n) is 6.70. The van der Waals surface area contributed by atoms with Crippen LogP contribution in [0.1, 0.15) is 41.5 Å². The molecule has 0 bridgehead atoms. The number of allylic oxidation sites excluding steroid dienone is 1. The van der Waals surface area contributed by atoms with Gasteiger partial charge in [-0.3, -0.25) is 9.98 Å². The van der Waals surface area contributed by atoms with Crippen molar-refractivity contribution < 1.29 is 0 Å². The molecule has 0 radical (unpaired) electrons. The van der Waals surface area contributed by atoms with Crippen LogP contribution in [-0.4, -0.2) is 24.0 Å². The van der Waals surface area contributed by atoms with E-state index < -0.39 is 0 Å². The first-order chi connectivity index (χ1) is 8.18. The van der Waals surface area contributed by atoms with E-state index in [4.69, 9.17) is 4.99 Å². The summed E-state index contributed by atoms with van der Waals surface area (Å²) in [5.74, 6) is 0. The van der Waals surface area contributed by atoms with Gasteiger partial charge in [0.1, 0.15) is 6.04 Å². The summed E-state index contributed by atoms with van der Waals surface area (Å²) in [5.41, 5.74) is 4.04. The molecule has 2 heterocycles. The first-order valence-corrected chi connectivity index (χ1v) is 6.70. The van der Waals surface area contributed by atoms with Gasteiger partial charge >= 0.3 is 0 Å². The average Bonchev–Trinajstić information content (AvgIpc) is 2.84. The molecule has 1 atom stereocenters. The summed E-state index contributed by atoms with van der Waals surface area (Å²) < 4.78 is 0. The molecule has 1 unspecified atom stereocenters. The van der Waals surface area contributed by atoms with Crippen LogP contribution in [0.15, 0.2) is 33.8 Å². The van der Waals surface area contributed by atoms with Crippen molar-refractivity contribution in [3.63, 3.8) is 0 Å². The highest BCUT2D eigenvalue weighted by molar-refractivity contribution is 6.09. The second kappa shape index (κ2) is 4.18. The molecule has 0 aliphatic carbocycles. The predicted molar refractivity (Wildman–Crippen MR) is 79.7 cm³/mol. The molecule has 18 heavy (non-hydrogen) atoms. The summed E-state index contributed by atoms with van der Waals surface area (Å²) in [6.45, 7) is 14.2. The Hall–Kier alpha value is -1.18. The fourth-order valence-corrected chi connectivity index (χ4v) is 2.11. The maximum Gasteiger partial charge on any atom is 0.110 e. The van der Waals surface area contributed by atoms with Crippen LogP contribution in [-0.2, 0) is 0 Å². The van der Waals surface area contributed by atoms with E-state index in [0.29, 0.717) is 0 Å². The SMILES string of the molecule is CC(C)(C)C1=CC(C2C=CC(C(C)(C)C)=N2)=NC1. The number of aliphatic imine (C=N–C) groups is 2. The Balaban J connectivity index is 2.16. The molecule has 0 N–H and O–H groups in total. The van der Waals surface area contributed by atoms with Crippen molar-refractivity contribution in [3.8, 4) is 0 Å². The maximum atomic E-state index is 4.79. The average molecular weight is 244 g/mol. The van der Waals surface area contributed by atoms with Crippen molar-refractivity contribution in [2.45, 2.75) is 47.6 Å². The second-order valence-electron chi connectivity index (χ2n) is 7.23. The Morgan fingerprint density at radius 2 is 1.72 bits per heavy atom. The smallest absolute Gasteiger partial charge is 0.110 e. The van der Waals surface area contributed by atoms with Gasteiger partial charge in [0, 0.05) is 11.1 Å². The number of rotatable bonds is 1. The van der Waals surface area contributed by atoms with Crippen molar-refractivity contribution in [1.82, 2.24) is 0 Å². The molecule has 98 valence electrons. The van der Waals surface area contributed by atoms with Crippen LogP contribution < -0.4 is 0 Å². The van der Waals surface area contributed by atoms with Crippen molar-refractivity contribution in [2.75, 3.05) is 6.54 Å². The van der Waals surface area contributed by atoms with Crippen LogP contribution >= 0.6 is 0 Å². The van der Waals surface area contributed by atoms with Gasteiger partial charge in [0.25, 0.3) is 0 Å². The molecular weight excluding hydrogens is 220 g/mol. The molecule has 2 aliphatic heterocycles. The van der Waals surface area contributed by atoms with Crippen molar-refractivity contribution in [3.05, 3.63) is 23.8 Å². The van der Waals surface area contributed by atoms with E-state index in [1.165, 1.54) is 11.3 Å². The minimum atomic E-state index is 0.126. The summed E-state index contributed by atoms with van der Waals surface area (Å²) in [6.07, 6.45) is 6.56. The normalized spacial score (nSPS) is 24.1. The highest BCUT2D eigenvalue weighted by atomic mass is 14.9. The minimum absolute atomic E-state index is 0.126. The van der Waals surface area contributed by atoms with Crippen molar-refractivity contribution in [1.29, 1.82) is 0 Å². The molecule has 0 amide bonds. The highest BCUT2D eigenvalue weighted by Gasteiger charge is 2.27. The van der Waals surface area contributed by atoms with Crippen LogP contribution in [0.5, 0.6) is 0 Å². The molecule has 0 aromatic heterocycles. The van der Waals surface area contributed by atoms with Crippen molar-refractivity contribution in [2.24, 2.45) is 20.8 Å². The Kier molecular flexibility index (Phi) is 3.08. The van der Waals surface area contributed by atoms with Gasteiger partial charge in [0.05, 0.1) is 12.3 Å². The molecule has 2 rings (SSSR count). The summed E-state index contributed by atoms with van der Waals surface area (Å²) in [7, 11) is 0. The fraction of sp³-hybridized carbons (Fsp3) is 0.625. The monoisotopic (exact) mass is 244 g/mol. The molecule has 2 heteroatoms. The maximum absolute atomic E-state index is 4.79. The van der Waals surface area contributed by atoms with E-state index >= 15 is 0 Å². The molecule has 0 spiro atoms. The van der Waals surface area contributed by atoms with Gasteiger partial charge in [0.2, 0.25) is 0 Å². The molecule has 0 aromatic rings. The van der Waals surface area contributed by atoms with Gasteiger partial charge in [-0.25, -0.2) is 0 Å². The lowest BCUT2D eigenvalue weighted by Gasteiger charge is -2.19. The fourth-order valence-electron chi connectivity index (χ4n) is 2.11. The van der Waals surface area contributed by atoms with E-state index in [-0.39, 0.29) is 16.9 Å². The van der Waals surface area contributed by atoms with Gasteiger partial charge in [-0.2, -0.15) is 0 Å². The molecule has 0 saturated carbocycles. The Labute approximate surface area is 111 Å². The summed E-state index contributed by atoms with van der Waals surface area (Å²) in [5, 5.41) is 0. The Bertz CT molecular complexity index is 462. The lowest BCUT2D eigenvalue weighted by molar-refractivity contribution is 0.499. The van der Waals surface area contributed by atoms with E-state index in [0.717, 1.165) is 12.3 Å². The zero-order chi connectivity index (χ0) is 13.6. The van der Waals surface area contributed by atoms with Gasteiger partial charge < -0.3 is 0 Å². The summed E-state index contributed by atoms with van der Waals surface area (Å²) in [6, 6.07) is 0.138. The largest absolute Gasteiger partial charge is 0.283 e. The van der Waals surface area contributed by atoms with Crippen LogP contribution in [0.4, 0.5) is 0 Å². The molecule has 2 aliphatic rings. The van der Waals surface area contributed by atoms with E-state index in [1.807, 2.05) is 0 Å². The highest BCUT2D eigenvalue weighted by Crippen LogP contribution is 2.30. The van der Waals surface area contributed by atoms with Crippen LogP contribution in [0.25, 0.3) is 0 Å².